The van der Waals surface area contributed by atoms with Crippen molar-refractivity contribution in [2.24, 2.45) is 0 Å². The molecular formula is C15H12Li2O. The van der Waals surface area contributed by atoms with E-state index in [0.29, 0.717) is 0 Å². The summed E-state index contributed by atoms with van der Waals surface area (Å²) in [6.07, 6.45) is 0. The fourth-order valence-electron chi connectivity index (χ4n) is 2.24. The molecule has 0 bridgehead atoms. The van der Waals surface area contributed by atoms with Crippen molar-refractivity contribution < 1.29 is 42.5 Å². The number of hydrogen-bond acceptors (Lipinski definition) is 1. The molecule has 1 nitrogen and oxygen atoms in total. The summed E-state index contributed by atoms with van der Waals surface area (Å²) in [6.45, 7) is 4.41. The Bertz CT molecular complexity index is 502. The molecule has 0 radical (unpaired) electrons. The molecule has 0 amide bonds. The van der Waals surface area contributed by atoms with Crippen molar-refractivity contribution >= 4 is 0 Å². The molecule has 0 fully saturated rings. The van der Waals surface area contributed by atoms with Gasteiger partial charge in [0.2, 0.25) is 0 Å². The first-order chi connectivity index (χ1) is 7.69. The molecule has 0 atom stereocenters. The van der Waals surface area contributed by atoms with Crippen LogP contribution in [0.2, 0.25) is 0 Å². The molecule has 0 saturated heterocycles. The smallest absolute Gasteiger partial charge is 0.509 e. The summed E-state index contributed by atoms with van der Waals surface area (Å²) in [4.78, 5) is 0. The average Bonchev–Trinajstić information content (AvgIpc) is 2.29. The van der Waals surface area contributed by atoms with E-state index in [4.69, 9.17) is 4.74 Å². The van der Waals surface area contributed by atoms with Crippen molar-refractivity contribution in [2.75, 3.05) is 0 Å². The molecule has 80 valence electrons. The molecule has 2 aromatic carbocycles. The Morgan fingerprint density at radius 2 is 1.33 bits per heavy atom. The molecular weight excluding hydrogens is 210 g/mol. The summed E-state index contributed by atoms with van der Waals surface area (Å²) in [5.41, 5.74) is 2.32. The van der Waals surface area contributed by atoms with Crippen LogP contribution < -0.4 is 42.5 Å². The van der Waals surface area contributed by atoms with Crippen molar-refractivity contribution in [3.8, 4) is 11.5 Å². The quantitative estimate of drug-likeness (QED) is 0.361. The van der Waals surface area contributed by atoms with Crippen molar-refractivity contribution in [1.82, 2.24) is 0 Å². The number of hydrogen-bond donors (Lipinski definition) is 0. The van der Waals surface area contributed by atoms with Crippen LogP contribution in [0.4, 0.5) is 0 Å². The van der Waals surface area contributed by atoms with Gasteiger partial charge in [0.1, 0.15) is 0 Å². The Balaban J connectivity index is 0.000000810. The minimum absolute atomic E-state index is 0. The first kappa shape index (κ1) is 15.5. The van der Waals surface area contributed by atoms with E-state index in [1.807, 2.05) is 24.3 Å². The number of para-hydroxylation sites is 2. The van der Waals surface area contributed by atoms with E-state index in [0.717, 1.165) is 11.5 Å². The van der Waals surface area contributed by atoms with E-state index in [1.54, 1.807) is 0 Å². The van der Waals surface area contributed by atoms with Gasteiger partial charge in [-0.25, -0.2) is 0 Å². The number of fused-ring (bicyclic) bond motifs is 2. The first-order valence-electron chi connectivity index (χ1n) is 5.40. The van der Waals surface area contributed by atoms with E-state index in [-0.39, 0.29) is 43.1 Å². The van der Waals surface area contributed by atoms with Crippen molar-refractivity contribution in [1.29, 1.82) is 0 Å². The summed E-state index contributed by atoms with van der Waals surface area (Å²) in [7, 11) is 0. The van der Waals surface area contributed by atoms with Gasteiger partial charge in [0.15, 0.2) is 0 Å². The molecule has 0 aromatic heterocycles. The molecule has 18 heavy (non-hydrogen) atoms. The third kappa shape index (κ3) is 2.29. The molecule has 0 aliphatic carbocycles. The van der Waals surface area contributed by atoms with Gasteiger partial charge in [-0.2, -0.15) is 36.4 Å². The van der Waals surface area contributed by atoms with Crippen LogP contribution in [-0.2, 0) is 5.41 Å². The van der Waals surface area contributed by atoms with Gasteiger partial charge in [0, 0.05) is 11.5 Å². The van der Waals surface area contributed by atoms with E-state index < -0.39 is 0 Å². The first-order valence-corrected chi connectivity index (χ1v) is 5.40. The summed E-state index contributed by atoms with van der Waals surface area (Å²) in [5.74, 6) is 1.64. The van der Waals surface area contributed by atoms with Crippen LogP contribution in [0.1, 0.15) is 25.0 Å². The molecule has 0 spiro atoms. The summed E-state index contributed by atoms with van der Waals surface area (Å²) < 4.78 is 5.80. The zero-order valence-corrected chi connectivity index (χ0v) is 11.4. The zero-order chi connectivity index (χ0) is 11.2. The summed E-state index contributed by atoms with van der Waals surface area (Å²) >= 11 is 0. The molecule has 0 saturated carbocycles. The number of ether oxygens (including phenoxy) is 1. The SMILES string of the molecule is CC1(C)c2ccc[c-]c2Oc2[c-]cccc21.[Li+].[Li+]. The van der Waals surface area contributed by atoms with E-state index in [2.05, 4.69) is 38.1 Å². The van der Waals surface area contributed by atoms with Gasteiger partial charge in [-0.05, 0) is 0 Å². The van der Waals surface area contributed by atoms with E-state index >= 15 is 0 Å². The van der Waals surface area contributed by atoms with Gasteiger partial charge in [0.05, 0.1) is 0 Å². The van der Waals surface area contributed by atoms with E-state index in [1.165, 1.54) is 11.1 Å². The fourth-order valence-corrected chi connectivity index (χ4v) is 2.24. The summed E-state index contributed by atoms with van der Waals surface area (Å²) in [6, 6.07) is 18.2. The summed E-state index contributed by atoms with van der Waals surface area (Å²) in [5, 5.41) is 0. The number of benzene rings is 2. The van der Waals surface area contributed by atoms with Crippen LogP contribution in [-0.4, -0.2) is 0 Å². The van der Waals surface area contributed by atoms with Crippen LogP contribution >= 0.6 is 0 Å². The molecule has 0 unspecified atom stereocenters. The second-order valence-corrected chi connectivity index (χ2v) is 4.55. The van der Waals surface area contributed by atoms with Crippen LogP contribution in [0.3, 0.4) is 0 Å². The topological polar surface area (TPSA) is 9.23 Å². The molecule has 1 heterocycles. The Morgan fingerprint density at radius 1 is 0.889 bits per heavy atom. The Labute approximate surface area is 132 Å². The number of rotatable bonds is 0. The molecule has 0 N–H and O–H groups in total. The average molecular weight is 222 g/mol. The molecule has 3 heteroatoms. The van der Waals surface area contributed by atoms with Crippen LogP contribution in [0.5, 0.6) is 11.5 Å². The van der Waals surface area contributed by atoms with Gasteiger partial charge in [0.25, 0.3) is 0 Å². The van der Waals surface area contributed by atoms with Crippen molar-refractivity contribution in [3.05, 3.63) is 59.7 Å². The standard InChI is InChI=1S/C15H12O.2Li/c1-15(2)11-7-3-5-9-13(11)16-14-10-6-4-8-12(14)15;;/h3-8H,1-2H3;;/q-2;2*+1. The van der Waals surface area contributed by atoms with Crippen LogP contribution in [0.15, 0.2) is 36.4 Å². The van der Waals surface area contributed by atoms with Gasteiger partial charge >= 0.3 is 37.7 Å². The van der Waals surface area contributed by atoms with E-state index in [9.17, 15) is 0 Å². The Hall–Kier alpha value is -0.565. The maximum atomic E-state index is 5.80. The molecule has 1 aliphatic rings. The van der Waals surface area contributed by atoms with Gasteiger partial charge in [-0.15, -0.1) is 23.3 Å². The van der Waals surface area contributed by atoms with Crippen LogP contribution in [0.25, 0.3) is 0 Å². The largest absolute Gasteiger partial charge is 1.00 e. The predicted molar refractivity (Wildman–Crippen MR) is 62.8 cm³/mol. The van der Waals surface area contributed by atoms with Crippen molar-refractivity contribution in [3.63, 3.8) is 0 Å². The maximum Gasteiger partial charge on any atom is 1.00 e. The van der Waals surface area contributed by atoms with Crippen LogP contribution in [0, 0.1) is 12.1 Å². The van der Waals surface area contributed by atoms with Crippen molar-refractivity contribution in [2.45, 2.75) is 19.3 Å². The van der Waals surface area contributed by atoms with Gasteiger partial charge in [-0.3, -0.25) is 0 Å². The zero-order valence-electron chi connectivity index (χ0n) is 11.4. The Kier molecular flexibility index (Phi) is 4.82. The molecule has 2 aromatic rings. The minimum Gasteiger partial charge on any atom is -0.509 e. The predicted octanol–water partition coefficient (Wildman–Crippen LogP) is -2.27. The minimum atomic E-state index is -0.0432. The normalized spacial score (nSPS) is 14.1. The van der Waals surface area contributed by atoms with Gasteiger partial charge in [-0.1, -0.05) is 19.3 Å². The molecule has 1 aliphatic heterocycles. The second-order valence-electron chi connectivity index (χ2n) is 4.55. The maximum absolute atomic E-state index is 5.80. The second kappa shape index (κ2) is 5.60. The fraction of sp³-hybridized carbons (Fsp3) is 0.200. The molecule has 3 rings (SSSR count). The van der Waals surface area contributed by atoms with Gasteiger partial charge < -0.3 is 4.74 Å². The Morgan fingerprint density at radius 3 is 1.78 bits per heavy atom. The third-order valence-electron chi connectivity index (χ3n) is 3.19. The third-order valence-corrected chi connectivity index (χ3v) is 3.19. The monoisotopic (exact) mass is 222 g/mol.